The number of hydrogen-bond donors (Lipinski definition) is 1. The van der Waals surface area contributed by atoms with Crippen molar-refractivity contribution in [2.75, 3.05) is 0 Å². The third kappa shape index (κ3) is 5.11. The van der Waals surface area contributed by atoms with Crippen molar-refractivity contribution in [3.8, 4) is 0 Å². The molecule has 1 rings (SSSR count). The summed E-state index contributed by atoms with van der Waals surface area (Å²) in [5.74, 6) is -1.82. The molecule has 158 valence electrons. The molecule has 2 atom stereocenters. The number of alkyl carbamates (subject to hydrolysis) is 1. The Hall–Kier alpha value is -2.38. The first-order valence-corrected chi connectivity index (χ1v) is 9.29. The Morgan fingerprint density at radius 1 is 1.14 bits per heavy atom. The van der Waals surface area contributed by atoms with E-state index in [2.05, 4.69) is 11.9 Å². The number of hydrogen-bond acceptors (Lipinski definition) is 6. The first-order valence-electron chi connectivity index (χ1n) is 9.29. The van der Waals surface area contributed by atoms with Crippen molar-refractivity contribution in [2.45, 2.75) is 84.6 Å². The minimum absolute atomic E-state index is 0.174. The van der Waals surface area contributed by atoms with E-state index in [9.17, 15) is 19.2 Å². The van der Waals surface area contributed by atoms with Crippen molar-refractivity contribution >= 4 is 23.9 Å². The predicted molar refractivity (Wildman–Crippen MR) is 104 cm³/mol. The number of Topliss-reactive ketones (excluding diaryl/α,β-unsaturated/α-hetero) is 1. The number of carbonyl (C=O) groups excluding carboxylic acids is 4. The lowest BCUT2D eigenvalue weighted by atomic mass is 9.87. The summed E-state index contributed by atoms with van der Waals surface area (Å²) in [5, 5.41) is 2.40. The second-order valence-corrected chi connectivity index (χ2v) is 9.23. The molecule has 8 nitrogen and oxygen atoms in total. The topological polar surface area (TPSA) is 102 Å². The number of rotatable bonds is 4. The molecule has 0 aromatic heterocycles. The second-order valence-electron chi connectivity index (χ2n) is 9.23. The lowest BCUT2D eigenvalue weighted by Gasteiger charge is -2.29. The molecule has 0 aromatic carbocycles. The van der Waals surface area contributed by atoms with Crippen LogP contribution in [0.15, 0.2) is 12.7 Å². The van der Waals surface area contributed by atoms with Gasteiger partial charge in [-0.3, -0.25) is 14.9 Å². The van der Waals surface area contributed by atoms with Gasteiger partial charge in [-0.15, -0.1) is 6.58 Å². The molecule has 0 saturated carbocycles. The molecule has 1 fully saturated rings. The van der Waals surface area contributed by atoms with Crippen molar-refractivity contribution < 1.29 is 28.7 Å². The van der Waals surface area contributed by atoms with Gasteiger partial charge in [0.1, 0.15) is 17.2 Å². The molecule has 1 aliphatic rings. The summed E-state index contributed by atoms with van der Waals surface area (Å²) in [6.45, 7) is 17.0. The van der Waals surface area contributed by atoms with Gasteiger partial charge in [0.15, 0.2) is 11.3 Å². The number of nitrogens with one attached hydrogen (secondary N) is 1. The quantitative estimate of drug-likeness (QED) is 0.578. The van der Waals surface area contributed by atoms with Crippen LogP contribution in [-0.4, -0.2) is 51.6 Å². The van der Waals surface area contributed by atoms with Gasteiger partial charge in [-0.05, 0) is 47.5 Å². The largest absolute Gasteiger partial charge is 0.444 e. The number of likely N-dealkylation sites (tertiary alicyclic amines) is 1. The van der Waals surface area contributed by atoms with E-state index in [1.165, 1.54) is 6.08 Å². The number of ether oxygens (including phenoxy) is 2. The van der Waals surface area contributed by atoms with Crippen LogP contribution in [0.1, 0.15) is 61.8 Å². The summed E-state index contributed by atoms with van der Waals surface area (Å²) >= 11 is 0. The van der Waals surface area contributed by atoms with Gasteiger partial charge in [-0.1, -0.05) is 19.9 Å². The lowest BCUT2D eigenvalue weighted by Crippen LogP contribution is -2.59. The van der Waals surface area contributed by atoms with E-state index in [1.807, 2.05) is 0 Å². The number of ketones is 1. The fourth-order valence-electron chi connectivity index (χ4n) is 2.96. The van der Waals surface area contributed by atoms with Gasteiger partial charge in [0.05, 0.1) is 0 Å². The van der Waals surface area contributed by atoms with Crippen LogP contribution < -0.4 is 5.32 Å². The van der Waals surface area contributed by atoms with E-state index in [0.29, 0.717) is 0 Å². The molecular weight excluding hydrogens is 364 g/mol. The first-order chi connectivity index (χ1) is 12.6. The van der Waals surface area contributed by atoms with Gasteiger partial charge < -0.3 is 9.47 Å². The highest BCUT2D eigenvalue weighted by molar-refractivity contribution is 6.24. The van der Waals surface area contributed by atoms with Crippen LogP contribution in [0.3, 0.4) is 0 Å². The van der Waals surface area contributed by atoms with Gasteiger partial charge in [-0.25, -0.2) is 14.5 Å². The molecule has 1 saturated heterocycles. The maximum atomic E-state index is 13.3. The monoisotopic (exact) mass is 396 g/mol. The summed E-state index contributed by atoms with van der Waals surface area (Å²) in [6, 6.07) is -1.07. The van der Waals surface area contributed by atoms with Crippen molar-refractivity contribution in [1.82, 2.24) is 10.2 Å². The van der Waals surface area contributed by atoms with Crippen LogP contribution in [0, 0.1) is 5.92 Å². The summed E-state index contributed by atoms with van der Waals surface area (Å²) < 4.78 is 10.5. The van der Waals surface area contributed by atoms with Crippen LogP contribution in [0.4, 0.5) is 9.59 Å². The molecule has 8 heteroatoms. The summed E-state index contributed by atoms with van der Waals surface area (Å²) in [6.07, 6.45) is -0.679. The van der Waals surface area contributed by atoms with Gasteiger partial charge in [0.2, 0.25) is 0 Å². The Labute approximate surface area is 166 Å². The molecule has 0 spiro atoms. The van der Waals surface area contributed by atoms with Crippen molar-refractivity contribution in [3.63, 3.8) is 0 Å². The maximum absolute atomic E-state index is 13.3. The highest BCUT2D eigenvalue weighted by Crippen LogP contribution is 2.34. The average molecular weight is 396 g/mol. The van der Waals surface area contributed by atoms with Crippen LogP contribution >= 0.6 is 0 Å². The number of nitrogens with zero attached hydrogens (tertiary/aromatic N) is 1. The smallest absolute Gasteiger partial charge is 0.417 e. The number of carbonyl (C=O) groups is 4. The van der Waals surface area contributed by atoms with E-state index in [0.717, 1.165) is 4.90 Å². The number of amides is 3. The van der Waals surface area contributed by atoms with E-state index < -0.39 is 46.7 Å². The Balaban J connectivity index is 3.39. The SMILES string of the molecule is C=CC[C@]1(NC(=O)OC(C)(C)C)C(=O)[C@H](C(C)C)N(C(=O)OC(C)(C)C)C1=O. The zero-order chi connectivity index (χ0) is 22.1. The maximum Gasteiger partial charge on any atom is 0.417 e. The van der Waals surface area contributed by atoms with Gasteiger partial charge in [0.25, 0.3) is 5.91 Å². The lowest BCUT2D eigenvalue weighted by molar-refractivity contribution is -0.134. The Morgan fingerprint density at radius 2 is 1.64 bits per heavy atom. The van der Waals surface area contributed by atoms with Crippen LogP contribution in [-0.2, 0) is 19.1 Å². The third-order valence-corrected chi connectivity index (χ3v) is 3.94. The minimum atomic E-state index is -1.96. The van der Waals surface area contributed by atoms with Gasteiger partial charge >= 0.3 is 12.2 Å². The minimum Gasteiger partial charge on any atom is -0.444 e. The summed E-state index contributed by atoms with van der Waals surface area (Å²) in [5.41, 5.74) is -3.65. The highest BCUT2D eigenvalue weighted by atomic mass is 16.6. The summed E-state index contributed by atoms with van der Waals surface area (Å²) in [4.78, 5) is 52.4. The third-order valence-electron chi connectivity index (χ3n) is 3.94. The van der Waals surface area contributed by atoms with Crippen molar-refractivity contribution in [2.24, 2.45) is 5.92 Å². The van der Waals surface area contributed by atoms with Crippen LogP contribution in [0.25, 0.3) is 0 Å². The summed E-state index contributed by atoms with van der Waals surface area (Å²) in [7, 11) is 0. The Bertz CT molecular complexity index is 671. The van der Waals surface area contributed by atoms with Crippen molar-refractivity contribution in [1.29, 1.82) is 0 Å². The van der Waals surface area contributed by atoms with E-state index in [-0.39, 0.29) is 12.3 Å². The fourth-order valence-corrected chi connectivity index (χ4v) is 2.96. The standard InChI is InChI=1S/C20H32N2O6/c1-10-11-20(21-16(25)27-18(4,5)6)14(23)13(12(2)3)22(15(20)24)17(26)28-19(7,8)9/h10,12-13H,1,11H2,2-9H3,(H,21,25)/t13-,20-/m0/s1. The molecule has 3 amide bonds. The molecule has 0 aromatic rings. The molecule has 1 N–H and O–H groups in total. The molecular formula is C20H32N2O6. The molecule has 28 heavy (non-hydrogen) atoms. The fraction of sp³-hybridized carbons (Fsp3) is 0.700. The zero-order valence-electron chi connectivity index (χ0n) is 18.0. The Morgan fingerprint density at radius 3 is 2.04 bits per heavy atom. The Kier molecular flexibility index (Phi) is 6.70. The highest BCUT2D eigenvalue weighted by Gasteiger charge is 2.63. The normalized spacial score (nSPS) is 23.0. The van der Waals surface area contributed by atoms with Crippen LogP contribution in [0.5, 0.6) is 0 Å². The van der Waals surface area contributed by atoms with Gasteiger partial charge in [0, 0.05) is 6.42 Å². The van der Waals surface area contributed by atoms with E-state index in [4.69, 9.17) is 9.47 Å². The molecule has 0 radical (unpaired) electrons. The van der Waals surface area contributed by atoms with Crippen LogP contribution in [0.2, 0.25) is 0 Å². The number of imide groups is 1. The molecule has 1 aliphatic heterocycles. The molecule has 0 aliphatic carbocycles. The predicted octanol–water partition coefficient (Wildman–Crippen LogP) is 3.20. The van der Waals surface area contributed by atoms with Crippen molar-refractivity contribution in [3.05, 3.63) is 12.7 Å². The molecule has 0 bridgehead atoms. The second kappa shape index (κ2) is 7.93. The van der Waals surface area contributed by atoms with Gasteiger partial charge in [-0.2, -0.15) is 0 Å². The van der Waals surface area contributed by atoms with E-state index >= 15 is 0 Å². The molecule has 0 unspecified atom stereocenters. The van der Waals surface area contributed by atoms with E-state index in [1.54, 1.807) is 55.4 Å². The first kappa shape index (κ1) is 23.7. The molecule has 1 heterocycles. The average Bonchev–Trinajstić information content (AvgIpc) is 2.66. The zero-order valence-corrected chi connectivity index (χ0v) is 18.0.